The molecule has 0 amide bonds. The maximum Gasteiger partial charge on any atom is 0.322 e. The van der Waals surface area contributed by atoms with Gasteiger partial charge in [-0.05, 0) is 6.92 Å². The van der Waals surface area contributed by atoms with Crippen LogP contribution in [0.1, 0.15) is 6.92 Å². The average Bonchev–Trinajstić information content (AvgIpc) is 2.46. The molecule has 8 heteroatoms. The van der Waals surface area contributed by atoms with Crippen LogP contribution in [-0.2, 0) is 0 Å². The number of hydrogen-bond acceptors (Lipinski definition) is 8. The number of thioether (sulfide) groups is 2. The van der Waals surface area contributed by atoms with Crippen LogP contribution in [0.4, 0.5) is 11.9 Å². The Balaban J connectivity index is 1.95. The summed E-state index contributed by atoms with van der Waals surface area (Å²) in [5, 5.41) is 6.96. The van der Waals surface area contributed by atoms with Gasteiger partial charge in [0, 0.05) is 35.6 Å². The van der Waals surface area contributed by atoms with Gasteiger partial charge in [-0.1, -0.05) is 0 Å². The molecule has 1 aliphatic rings. The number of methoxy groups -OCH3 is 1. The molecule has 1 aliphatic heterocycles. The summed E-state index contributed by atoms with van der Waals surface area (Å²) in [7, 11) is 1.56. The highest BCUT2D eigenvalue weighted by Crippen LogP contribution is 2.24. The Morgan fingerprint density at radius 3 is 2.63 bits per heavy atom. The molecule has 0 aromatic carbocycles. The highest BCUT2D eigenvalue weighted by atomic mass is 32.2. The van der Waals surface area contributed by atoms with E-state index in [0.29, 0.717) is 23.2 Å². The number of nitrogens with one attached hydrogen (secondary N) is 2. The molecule has 0 aliphatic carbocycles. The van der Waals surface area contributed by atoms with Crippen molar-refractivity contribution < 1.29 is 4.74 Å². The van der Waals surface area contributed by atoms with Crippen molar-refractivity contribution in [2.24, 2.45) is 0 Å². The zero-order valence-electron chi connectivity index (χ0n) is 11.2. The van der Waals surface area contributed by atoms with E-state index in [4.69, 9.17) is 4.74 Å². The van der Waals surface area contributed by atoms with Gasteiger partial charge in [0.1, 0.15) is 0 Å². The van der Waals surface area contributed by atoms with Crippen LogP contribution in [0.25, 0.3) is 0 Å². The van der Waals surface area contributed by atoms with Crippen LogP contribution in [0.15, 0.2) is 0 Å². The Morgan fingerprint density at radius 2 is 2.00 bits per heavy atom. The summed E-state index contributed by atoms with van der Waals surface area (Å²) in [6.07, 6.45) is 0. The van der Waals surface area contributed by atoms with Crippen molar-refractivity contribution >= 4 is 35.4 Å². The fraction of sp³-hybridized carbons (Fsp3) is 0.727. The smallest absolute Gasteiger partial charge is 0.322 e. The molecule has 0 radical (unpaired) electrons. The lowest BCUT2D eigenvalue weighted by Gasteiger charge is -2.21. The quantitative estimate of drug-likeness (QED) is 0.820. The molecule has 19 heavy (non-hydrogen) atoms. The van der Waals surface area contributed by atoms with Crippen LogP contribution >= 0.6 is 23.5 Å². The predicted molar refractivity (Wildman–Crippen MR) is 82.6 cm³/mol. The Bertz CT molecular complexity index is 401. The van der Waals surface area contributed by atoms with Crippen LogP contribution < -0.4 is 15.4 Å². The van der Waals surface area contributed by atoms with Gasteiger partial charge < -0.3 is 15.4 Å². The molecule has 1 aromatic rings. The van der Waals surface area contributed by atoms with Crippen LogP contribution in [0.2, 0.25) is 0 Å². The van der Waals surface area contributed by atoms with E-state index >= 15 is 0 Å². The molecule has 1 fully saturated rings. The van der Waals surface area contributed by atoms with Crippen LogP contribution in [0.5, 0.6) is 6.01 Å². The fourth-order valence-corrected chi connectivity index (χ4v) is 4.24. The minimum Gasteiger partial charge on any atom is -0.467 e. The van der Waals surface area contributed by atoms with Gasteiger partial charge in [0.25, 0.3) is 0 Å². The third kappa shape index (κ3) is 4.61. The van der Waals surface area contributed by atoms with E-state index in [0.717, 1.165) is 13.1 Å². The van der Waals surface area contributed by atoms with E-state index in [1.54, 1.807) is 7.11 Å². The summed E-state index contributed by atoms with van der Waals surface area (Å²) in [6, 6.07) is 0.333. The highest BCUT2D eigenvalue weighted by Gasteiger charge is 2.15. The van der Waals surface area contributed by atoms with Crippen molar-refractivity contribution in [3.63, 3.8) is 0 Å². The zero-order valence-corrected chi connectivity index (χ0v) is 12.8. The van der Waals surface area contributed by atoms with Gasteiger partial charge in [0.05, 0.1) is 7.11 Å². The Labute approximate surface area is 121 Å². The lowest BCUT2D eigenvalue weighted by atomic mass is 10.5. The lowest BCUT2D eigenvalue weighted by molar-refractivity contribution is 0.379. The van der Waals surface area contributed by atoms with Gasteiger partial charge in [-0.3, -0.25) is 0 Å². The second kappa shape index (κ2) is 7.64. The maximum absolute atomic E-state index is 5.08. The molecule has 0 spiro atoms. The van der Waals surface area contributed by atoms with Gasteiger partial charge in [0.15, 0.2) is 0 Å². The molecular formula is C11H19N5OS2. The summed E-state index contributed by atoms with van der Waals surface area (Å²) in [5.74, 6) is 4.77. The second-order valence-corrected chi connectivity index (χ2v) is 6.51. The molecule has 1 aromatic heterocycles. The number of ether oxygens (including phenoxy) is 1. The SMILES string of the molecule is CCNc1nc(NCC2CSCCS2)nc(OC)n1. The van der Waals surface area contributed by atoms with E-state index in [1.165, 1.54) is 17.3 Å². The standard InChI is InChI=1S/C11H19N5OS2/c1-3-12-9-14-10(16-11(15-9)17-2)13-6-8-7-18-4-5-19-8/h8H,3-7H2,1-2H3,(H2,12,13,14,15,16). The molecule has 1 unspecified atom stereocenters. The van der Waals surface area contributed by atoms with Gasteiger partial charge in [-0.15, -0.1) is 0 Å². The fourth-order valence-electron chi connectivity index (χ4n) is 1.62. The van der Waals surface area contributed by atoms with Gasteiger partial charge in [-0.2, -0.15) is 38.5 Å². The Hall–Kier alpha value is -0.890. The van der Waals surface area contributed by atoms with Crippen LogP contribution in [-0.4, -0.2) is 57.7 Å². The van der Waals surface area contributed by atoms with Crippen molar-refractivity contribution in [1.29, 1.82) is 0 Å². The third-order valence-electron chi connectivity index (χ3n) is 2.51. The van der Waals surface area contributed by atoms with Crippen molar-refractivity contribution in [1.82, 2.24) is 15.0 Å². The number of rotatable bonds is 6. The zero-order chi connectivity index (χ0) is 13.5. The van der Waals surface area contributed by atoms with Gasteiger partial charge in [-0.25, -0.2) is 0 Å². The van der Waals surface area contributed by atoms with E-state index in [1.807, 2.05) is 30.4 Å². The summed E-state index contributed by atoms with van der Waals surface area (Å²) in [5.41, 5.74) is 0. The normalized spacial score (nSPS) is 18.9. The first-order valence-electron chi connectivity index (χ1n) is 6.29. The van der Waals surface area contributed by atoms with Crippen molar-refractivity contribution in [3.05, 3.63) is 0 Å². The summed E-state index contributed by atoms with van der Waals surface area (Å²) in [6.45, 7) is 3.64. The van der Waals surface area contributed by atoms with Gasteiger partial charge >= 0.3 is 6.01 Å². The number of anilines is 2. The van der Waals surface area contributed by atoms with Crippen molar-refractivity contribution in [3.8, 4) is 6.01 Å². The van der Waals surface area contributed by atoms with Gasteiger partial charge in [0.2, 0.25) is 11.9 Å². The molecule has 1 saturated heterocycles. The monoisotopic (exact) mass is 301 g/mol. The maximum atomic E-state index is 5.08. The lowest BCUT2D eigenvalue weighted by Crippen LogP contribution is -2.24. The molecule has 1 atom stereocenters. The molecule has 2 heterocycles. The van der Waals surface area contributed by atoms with Crippen molar-refractivity contribution in [2.45, 2.75) is 12.2 Å². The van der Waals surface area contributed by atoms with Crippen molar-refractivity contribution in [2.75, 3.05) is 48.1 Å². The first kappa shape index (κ1) is 14.5. The first-order valence-corrected chi connectivity index (χ1v) is 8.49. The molecule has 2 rings (SSSR count). The number of aromatic nitrogens is 3. The summed E-state index contributed by atoms with van der Waals surface area (Å²) in [4.78, 5) is 12.7. The van der Waals surface area contributed by atoms with E-state index in [9.17, 15) is 0 Å². The first-order chi connectivity index (χ1) is 9.31. The molecule has 6 nitrogen and oxygen atoms in total. The second-order valence-electron chi connectivity index (χ2n) is 3.95. The summed E-state index contributed by atoms with van der Waals surface area (Å²) >= 11 is 4.01. The number of hydrogen-bond donors (Lipinski definition) is 2. The largest absolute Gasteiger partial charge is 0.467 e. The predicted octanol–water partition coefficient (Wildman–Crippen LogP) is 1.57. The average molecular weight is 301 g/mol. The third-order valence-corrected chi connectivity index (χ3v) is 5.35. The molecule has 0 saturated carbocycles. The molecule has 106 valence electrons. The highest BCUT2D eigenvalue weighted by molar-refractivity contribution is 8.06. The Morgan fingerprint density at radius 1 is 1.21 bits per heavy atom. The number of nitrogens with zero attached hydrogens (tertiary/aromatic N) is 3. The van der Waals surface area contributed by atoms with Crippen LogP contribution in [0.3, 0.4) is 0 Å². The topological polar surface area (TPSA) is 72.0 Å². The van der Waals surface area contributed by atoms with E-state index in [2.05, 4.69) is 25.6 Å². The molecule has 2 N–H and O–H groups in total. The van der Waals surface area contributed by atoms with E-state index in [-0.39, 0.29) is 0 Å². The van der Waals surface area contributed by atoms with Crippen LogP contribution in [0, 0.1) is 0 Å². The minimum absolute atomic E-state index is 0.333. The Kier molecular flexibility index (Phi) is 5.84. The van der Waals surface area contributed by atoms with E-state index < -0.39 is 0 Å². The molecule has 0 bridgehead atoms. The summed E-state index contributed by atoms with van der Waals surface area (Å²) < 4.78 is 5.08. The molecular weight excluding hydrogens is 282 g/mol. The minimum atomic E-state index is 0.333.